The van der Waals surface area contributed by atoms with Crippen molar-refractivity contribution in [3.63, 3.8) is 0 Å². The molecule has 9 aromatic carbocycles. The Kier molecular flexibility index (Phi) is 6.00. The number of para-hydroxylation sites is 6. The summed E-state index contributed by atoms with van der Waals surface area (Å²) in [5.74, 6) is 3.46. The van der Waals surface area contributed by atoms with Crippen LogP contribution < -0.4 is 47.2 Å². The molecule has 0 radical (unpaired) electrons. The third-order valence-corrected chi connectivity index (χ3v) is 13.8. The summed E-state index contributed by atoms with van der Waals surface area (Å²) in [6.45, 7) is -0.119. The quantitative estimate of drug-likeness (QED) is 0.164. The number of nitrogens with zero attached hydrogens (tertiary/aromatic N) is 3. The molecule has 7 heteroatoms. The summed E-state index contributed by atoms with van der Waals surface area (Å²) in [4.78, 5) is 2.52. The van der Waals surface area contributed by atoms with Gasteiger partial charge in [-0.05, 0) is 106 Å². The van der Waals surface area contributed by atoms with Gasteiger partial charge in [0, 0.05) is 56.0 Å². The highest BCUT2D eigenvalue weighted by molar-refractivity contribution is 7.03. The zero-order valence-corrected chi connectivity index (χ0v) is 32.7. The zero-order valence-electron chi connectivity index (χ0n) is 32.7. The van der Waals surface area contributed by atoms with Crippen LogP contribution in [-0.2, 0) is 0 Å². The lowest BCUT2D eigenvalue weighted by molar-refractivity contribution is 0.465. The summed E-state index contributed by atoms with van der Waals surface area (Å²) >= 11 is 0. The number of anilines is 3. The lowest BCUT2D eigenvalue weighted by atomic mass is 9.29. The molecule has 5 nitrogen and oxygen atoms in total. The van der Waals surface area contributed by atoms with E-state index in [0.717, 1.165) is 34.4 Å². The first-order valence-electron chi connectivity index (χ1n) is 21.1. The zero-order chi connectivity index (χ0) is 39.5. The smallest absolute Gasteiger partial charge is 0.256 e. The predicted molar refractivity (Wildman–Crippen MR) is 252 cm³/mol. The number of hydrogen-bond acceptors (Lipinski definition) is 3. The van der Waals surface area contributed by atoms with Crippen LogP contribution >= 0.6 is 0 Å². The fourth-order valence-electron chi connectivity index (χ4n) is 11.4. The number of aromatic nitrogens is 2. The predicted octanol–water partition coefficient (Wildman–Crippen LogP) is 9.22. The maximum Gasteiger partial charge on any atom is 0.256 e. The summed E-state index contributed by atoms with van der Waals surface area (Å²) in [5, 5.41) is 5.01. The second-order valence-corrected chi connectivity index (χ2v) is 16.8. The van der Waals surface area contributed by atoms with Crippen molar-refractivity contribution in [3.05, 3.63) is 188 Å². The van der Waals surface area contributed by atoms with Crippen molar-refractivity contribution in [1.29, 1.82) is 0 Å². The lowest BCUT2D eigenvalue weighted by Crippen LogP contribution is -2.67. The van der Waals surface area contributed by atoms with Gasteiger partial charge in [0.05, 0.1) is 22.1 Å². The highest BCUT2D eigenvalue weighted by atomic mass is 16.5. The Labute approximate surface area is 351 Å². The molecule has 0 fully saturated rings. The van der Waals surface area contributed by atoms with Gasteiger partial charge >= 0.3 is 0 Å². The van der Waals surface area contributed by atoms with E-state index in [2.05, 4.69) is 202 Å². The molecule has 0 saturated heterocycles. The van der Waals surface area contributed by atoms with E-state index in [1.54, 1.807) is 0 Å². The summed E-state index contributed by atoms with van der Waals surface area (Å²) in [6.07, 6.45) is 0. The van der Waals surface area contributed by atoms with Crippen LogP contribution in [0.1, 0.15) is 0 Å². The first-order valence-corrected chi connectivity index (χ1v) is 21.1. The molecule has 0 spiro atoms. The fourth-order valence-corrected chi connectivity index (χ4v) is 11.4. The average Bonchev–Trinajstić information content (AvgIpc) is 3.84. The minimum atomic E-state index is -0.0595. The van der Waals surface area contributed by atoms with Gasteiger partial charge in [0.25, 0.3) is 13.4 Å². The molecule has 0 amide bonds. The summed E-state index contributed by atoms with van der Waals surface area (Å²) < 4.78 is 18.7. The van der Waals surface area contributed by atoms with Crippen molar-refractivity contribution in [2.24, 2.45) is 0 Å². The van der Waals surface area contributed by atoms with E-state index in [1.165, 1.54) is 93.5 Å². The number of ether oxygens (including phenoxy) is 2. The van der Waals surface area contributed by atoms with E-state index in [0.29, 0.717) is 0 Å². The second kappa shape index (κ2) is 11.4. The van der Waals surface area contributed by atoms with Crippen molar-refractivity contribution in [1.82, 2.24) is 9.13 Å². The Morgan fingerprint density at radius 1 is 0.328 bits per heavy atom. The number of fused-ring (bicyclic) bond motifs is 16. The van der Waals surface area contributed by atoms with E-state index < -0.39 is 0 Å². The first kappa shape index (κ1) is 32.0. The number of hydrogen-bond donors (Lipinski definition) is 0. The largest absolute Gasteiger partial charge is 0.458 e. The van der Waals surface area contributed by atoms with Gasteiger partial charge in [-0.15, -0.1) is 0 Å². The Hall–Kier alpha value is -7.89. The van der Waals surface area contributed by atoms with Crippen molar-refractivity contribution in [2.45, 2.75) is 0 Å². The number of rotatable bonds is 2. The van der Waals surface area contributed by atoms with E-state index in [9.17, 15) is 0 Å². The van der Waals surface area contributed by atoms with Crippen molar-refractivity contribution < 1.29 is 9.47 Å². The van der Waals surface area contributed by atoms with Crippen molar-refractivity contribution in [3.8, 4) is 34.4 Å². The molecule has 0 aliphatic carbocycles. The highest BCUT2D eigenvalue weighted by Gasteiger charge is 2.50. The van der Waals surface area contributed by atoms with Crippen LogP contribution in [-0.4, -0.2) is 22.6 Å². The maximum absolute atomic E-state index is 6.94. The van der Waals surface area contributed by atoms with Gasteiger partial charge in [0.15, 0.2) is 0 Å². The summed E-state index contributed by atoms with van der Waals surface area (Å²) in [5.41, 5.74) is 17.8. The molecule has 0 bridgehead atoms. The molecule has 15 rings (SSSR count). The molecule has 61 heavy (non-hydrogen) atoms. The van der Waals surface area contributed by atoms with Crippen LogP contribution in [0.3, 0.4) is 0 Å². The van der Waals surface area contributed by atoms with Gasteiger partial charge in [0.1, 0.15) is 23.0 Å². The van der Waals surface area contributed by atoms with Crippen LogP contribution in [0.5, 0.6) is 23.0 Å². The van der Waals surface area contributed by atoms with Crippen molar-refractivity contribution >= 4 is 107 Å². The molecule has 0 N–H and O–H groups in total. The van der Waals surface area contributed by atoms with Crippen LogP contribution in [0.25, 0.3) is 55.0 Å². The molecule has 4 aliphatic rings. The Balaban J connectivity index is 1.04. The molecule has 280 valence electrons. The van der Waals surface area contributed by atoms with Crippen LogP contribution in [0, 0.1) is 0 Å². The standard InChI is InChI=1S/C54H31B2N3O2/c1-7-19-42-34(13-1)35-14-2-8-20-43(35)57(42)32-25-27-46-40(29-32)55-38-17-5-11-23-48(38)60-50-31-51-53-54(52(50)55)59(46)47-28-26-33(30-41(47)56(53)39-18-6-12-24-49(39)61-51)58-44-21-9-3-15-36(44)37-16-4-10-22-45(37)58/h1-31H. The van der Waals surface area contributed by atoms with E-state index in [4.69, 9.17) is 9.47 Å². The average molecular weight is 775 g/mol. The normalized spacial score (nSPS) is 13.7. The van der Waals surface area contributed by atoms with Gasteiger partial charge in [-0.2, -0.15) is 0 Å². The topological polar surface area (TPSA) is 31.6 Å². The molecule has 11 aromatic rings. The van der Waals surface area contributed by atoms with E-state index >= 15 is 0 Å². The first-order chi connectivity index (χ1) is 30.3. The molecular weight excluding hydrogens is 744 g/mol. The van der Waals surface area contributed by atoms with E-state index in [-0.39, 0.29) is 13.4 Å². The van der Waals surface area contributed by atoms with Gasteiger partial charge in [-0.1, -0.05) is 109 Å². The Bertz CT molecular complexity index is 3420. The Morgan fingerprint density at radius 2 is 0.705 bits per heavy atom. The molecule has 0 unspecified atom stereocenters. The van der Waals surface area contributed by atoms with Crippen LogP contribution in [0.2, 0.25) is 0 Å². The lowest BCUT2D eigenvalue weighted by Gasteiger charge is -2.47. The third kappa shape index (κ3) is 4.03. The SMILES string of the molecule is c1ccc2c(c1)Oc1cc3c4c5c1B2c1cc(-n2c6ccccc6c6ccccc62)ccc1N5c1ccc(-n2c5ccccc5c5ccccc52)cc1B4c1ccccc1O3. The van der Waals surface area contributed by atoms with Crippen LogP contribution in [0.15, 0.2) is 188 Å². The molecular formula is C54H31B2N3O2. The van der Waals surface area contributed by atoms with Gasteiger partial charge in [0.2, 0.25) is 0 Å². The molecule has 2 aromatic heterocycles. The molecule has 0 saturated carbocycles. The van der Waals surface area contributed by atoms with Crippen molar-refractivity contribution in [2.75, 3.05) is 4.90 Å². The molecule has 6 heterocycles. The minimum Gasteiger partial charge on any atom is -0.458 e. The highest BCUT2D eigenvalue weighted by Crippen LogP contribution is 2.47. The Morgan fingerprint density at radius 3 is 1.13 bits per heavy atom. The van der Waals surface area contributed by atoms with Crippen LogP contribution in [0.4, 0.5) is 17.1 Å². The van der Waals surface area contributed by atoms with Gasteiger partial charge in [-0.3, -0.25) is 0 Å². The summed E-state index contributed by atoms with van der Waals surface area (Å²) in [6, 6.07) is 68.6. The monoisotopic (exact) mass is 775 g/mol. The third-order valence-electron chi connectivity index (χ3n) is 13.8. The minimum absolute atomic E-state index is 0.0595. The molecule has 4 aliphatic heterocycles. The fraction of sp³-hybridized carbons (Fsp3) is 0. The van der Waals surface area contributed by atoms with Gasteiger partial charge in [-0.25, -0.2) is 0 Å². The maximum atomic E-state index is 6.94. The second-order valence-electron chi connectivity index (χ2n) is 16.8. The van der Waals surface area contributed by atoms with E-state index in [1.807, 2.05) is 0 Å². The molecule has 0 atom stereocenters. The van der Waals surface area contributed by atoms with Gasteiger partial charge < -0.3 is 23.5 Å². The number of benzene rings is 9. The summed E-state index contributed by atoms with van der Waals surface area (Å²) in [7, 11) is 0.